The van der Waals surface area contributed by atoms with Crippen LogP contribution in [0.2, 0.25) is 0 Å². The zero-order chi connectivity index (χ0) is 24.2. The van der Waals surface area contributed by atoms with Gasteiger partial charge in [0.1, 0.15) is 11.3 Å². The van der Waals surface area contributed by atoms with Crippen LogP contribution in [-0.4, -0.2) is 65.4 Å². The third-order valence-electron chi connectivity index (χ3n) is 6.27. The molecule has 4 heterocycles. The van der Waals surface area contributed by atoms with Gasteiger partial charge in [0, 0.05) is 62.2 Å². The van der Waals surface area contributed by atoms with Crippen LogP contribution in [-0.2, 0) is 29.1 Å². The summed E-state index contributed by atoms with van der Waals surface area (Å²) in [5.41, 5.74) is 0.601. The van der Waals surface area contributed by atoms with Crippen molar-refractivity contribution in [3.05, 3.63) is 62.7 Å². The number of carbonyl (C=O) groups excluding carboxylic acids is 3. The van der Waals surface area contributed by atoms with Crippen LogP contribution in [0.4, 0.5) is 0 Å². The first-order chi connectivity index (χ1) is 16.4. The topological polar surface area (TPSA) is 101 Å². The average molecular weight is 485 g/mol. The Hall–Kier alpha value is -3.40. The van der Waals surface area contributed by atoms with E-state index >= 15 is 0 Å². The smallest absolute Gasteiger partial charge is 0.257 e. The fourth-order valence-corrected chi connectivity index (χ4v) is 5.22. The second-order valence-electron chi connectivity index (χ2n) is 8.35. The quantitative estimate of drug-likeness (QED) is 0.597. The number of carbonyl (C=O) groups is 3. The van der Waals surface area contributed by atoms with Crippen LogP contribution in [0, 0.1) is 5.92 Å². The normalized spacial score (nSPS) is 17.8. The lowest BCUT2D eigenvalue weighted by Crippen LogP contribution is -2.39. The van der Waals surface area contributed by atoms with Gasteiger partial charge in [0.05, 0.1) is 19.6 Å². The molecule has 34 heavy (non-hydrogen) atoms. The molecule has 0 aromatic carbocycles. The van der Waals surface area contributed by atoms with Gasteiger partial charge in [0.2, 0.25) is 11.8 Å². The number of methoxy groups -OCH3 is 1. The van der Waals surface area contributed by atoms with E-state index in [1.54, 1.807) is 31.8 Å². The molecule has 1 N–H and O–H groups in total. The second kappa shape index (κ2) is 10.3. The summed E-state index contributed by atoms with van der Waals surface area (Å²) in [7, 11) is 1.43. The van der Waals surface area contributed by atoms with E-state index < -0.39 is 5.92 Å². The molecule has 3 amide bonds. The number of amides is 3. The van der Waals surface area contributed by atoms with Crippen molar-refractivity contribution in [2.45, 2.75) is 25.9 Å². The Bertz CT molecular complexity index is 1160. The van der Waals surface area contributed by atoms with E-state index in [2.05, 4.69) is 11.9 Å². The molecule has 1 atom stereocenters. The third-order valence-corrected chi connectivity index (χ3v) is 7.14. The molecule has 4 rings (SSSR count). The third kappa shape index (κ3) is 4.77. The SMILES string of the molecule is C=CCN1C[C@@H](C(=O)N2CCc3c(C(=O)NCc4cccs4)c(OC)cc(=O)n3CC2)CC1=O. The zero-order valence-electron chi connectivity index (χ0n) is 19.1. The second-order valence-corrected chi connectivity index (χ2v) is 9.38. The lowest BCUT2D eigenvalue weighted by molar-refractivity contribution is -0.135. The standard InChI is InChI=1S/C24H28N4O5S/c1-3-7-27-15-16(12-20(27)29)24(32)26-8-6-18-22(23(31)25-14-17-5-4-11-34-17)19(33-2)13-21(30)28(18)10-9-26/h3-5,11,13,16H,1,6-10,12,14-15H2,2H3,(H,25,31)/t16-/m0/s1. The Labute approximate surface area is 201 Å². The summed E-state index contributed by atoms with van der Waals surface area (Å²) in [6.07, 6.45) is 2.16. The van der Waals surface area contributed by atoms with Crippen molar-refractivity contribution in [3.63, 3.8) is 0 Å². The van der Waals surface area contributed by atoms with Crippen LogP contribution >= 0.6 is 11.3 Å². The maximum Gasteiger partial charge on any atom is 0.257 e. The zero-order valence-corrected chi connectivity index (χ0v) is 19.9. The summed E-state index contributed by atoms with van der Waals surface area (Å²) >= 11 is 1.55. The van der Waals surface area contributed by atoms with Crippen LogP contribution < -0.4 is 15.6 Å². The van der Waals surface area contributed by atoms with Crippen LogP contribution in [0.5, 0.6) is 5.75 Å². The summed E-state index contributed by atoms with van der Waals surface area (Å²) in [6.45, 7) is 5.79. The average Bonchev–Trinajstić information content (AvgIpc) is 3.41. The molecule has 2 aromatic heterocycles. The first kappa shape index (κ1) is 23.7. The van der Waals surface area contributed by atoms with Crippen molar-refractivity contribution in [1.29, 1.82) is 0 Å². The summed E-state index contributed by atoms with van der Waals surface area (Å²) in [4.78, 5) is 55.7. The first-order valence-electron chi connectivity index (χ1n) is 11.2. The number of likely N-dealkylation sites (tertiary alicyclic amines) is 1. The number of aromatic nitrogens is 1. The van der Waals surface area contributed by atoms with Crippen LogP contribution in [0.1, 0.15) is 27.3 Å². The van der Waals surface area contributed by atoms with E-state index in [9.17, 15) is 19.2 Å². The number of ether oxygens (including phenoxy) is 1. The Morgan fingerprint density at radius 1 is 1.29 bits per heavy atom. The molecular weight excluding hydrogens is 456 g/mol. The Kier molecular flexibility index (Phi) is 7.16. The summed E-state index contributed by atoms with van der Waals surface area (Å²) < 4.78 is 6.95. The molecule has 0 saturated carbocycles. The van der Waals surface area contributed by atoms with E-state index in [1.807, 2.05) is 17.5 Å². The molecule has 0 spiro atoms. The van der Waals surface area contributed by atoms with Crippen LogP contribution in [0.3, 0.4) is 0 Å². The van der Waals surface area contributed by atoms with Gasteiger partial charge in [-0.15, -0.1) is 17.9 Å². The molecule has 180 valence electrons. The number of pyridine rings is 1. The number of nitrogens with one attached hydrogen (secondary N) is 1. The van der Waals surface area contributed by atoms with Crippen LogP contribution in [0.25, 0.3) is 0 Å². The fourth-order valence-electron chi connectivity index (χ4n) is 4.57. The summed E-state index contributed by atoms with van der Waals surface area (Å²) in [5, 5.41) is 4.85. The van der Waals surface area contributed by atoms with E-state index in [0.29, 0.717) is 50.4 Å². The van der Waals surface area contributed by atoms with Crippen molar-refractivity contribution in [1.82, 2.24) is 19.7 Å². The molecule has 1 fully saturated rings. The molecular formula is C24H28N4O5S. The van der Waals surface area contributed by atoms with E-state index in [4.69, 9.17) is 4.74 Å². The largest absolute Gasteiger partial charge is 0.496 e. The number of fused-ring (bicyclic) bond motifs is 1. The summed E-state index contributed by atoms with van der Waals surface area (Å²) in [5.74, 6) is -0.664. The molecule has 2 aliphatic heterocycles. The van der Waals surface area contributed by atoms with Gasteiger partial charge in [-0.2, -0.15) is 0 Å². The maximum atomic E-state index is 13.2. The van der Waals surface area contributed by atoms with E-state index in [1.165, 1.54) is 13.2 Å². The highest BCUT2D eigenvalue weighted by Crippen LogP contribution is 2.25. The number of thiophene rings is 1. The van der Waals surface area contributed by atoms with Gasteiger partial charge in [0.15, 0.2) is 0 Å². The molecule has 0 unspecified atom stereocenters. The van der Waals surface area contributed by atoms with Gasteiger partial charge in [0.25, 0.3) is 11.5 Å². The van der Waals surface area contributed by atoms with Crippen molar-refractivity contribution in [2.75, 3.05) is 33.3 Å². The molecule has 10 heteroatoms. The molecule has 2 aromatic rings. The van der Waals surface area contributed by atoms with Crippen molar-refractivity contribution in [3.8, 4) is 5.75 Å². The minimum absolute atomic E-state index is 0.0537. The predicted molar refractivity (Wildman–Crippen MR) is 128 cm³/mol. The van der Waals surface area contributed by atoms with Gasteiger partial charge < -0.3 is 24.4 Å². The monoisotopic (exact) mass is 484 g/mol. The number of rotatable bonds is 7. The summed E-state index contributed by atoms with van der Waals surface area (Å²) in [6, 6.07) is 5.18. The Morgan fingerprint density at radius 2 is 2.12 bits per heavy atom. The molecule has 2 aliphatic rings. The highest BCUT2D eigenvalue weighted by Gasteiger charge is 2.37. The van der Waals surface area contributed by atoms with Gasteiger partial charge in [-0.25, -0.2) is 0 Å². The predicted octanol–water partition coefficient (Wildman–Crippen LogP) is 1.27. The van der Waals surface area contributed by atoms with Gasteiger partial charge in [-0.05, 0) is 11.4 Å². The fraction of sp³-hybridized carbons (Fsp3) is 0.417. The Balaban J connectivity index is 1.54. The van der Waals surface area contributed by atoms with Crippen molar-refractivity contribution in [2.24, 2.45) is 5.92 Å². The minimum Gasteiger partial charge on any atom is -0.496 e. The molecule has 0 bridgehead atoms. The van der Waals surface area contributed by atoms with Gasteiger partial charge >= 0.3 is 0 Å². The molecule has 1 saturated heterocycles. The van der Waals surface area contributed by atoms with E-state index in [0.717, 1.165) is 4.88 Å². The van der Waals surface area contributed by atoms with Crippen molar-refractivity contribution >= 4 is 29.1 Å². The molecule has 0 radical (unpaired) electrons. The van der Waals surface area contributed by atoms with Crippen molar-refractivity contribution < 1.29 is 19.1 Å². The molecule has 0 aliphatic carbocycles. The highest BCUT2D eigenvalue weighted by atomic mass is 32.1. The first-order valence-corrected chi connectivity index (χ1v) is 12.1. The maximum absolute atomic E-state index is 13.2. The van der Waals surface area contributed by atoms with E-state index in [-0.39, 0.29) is 42.0 Å². The lowest BCUT2D eigenvalue weighted by Gasteiger charge is -2.23. The molecule has 9 nitrogen and oxygen atoms in total. The number of hydrogen-bond donors (Lipinski definition) is 1. The van der Waals surface area contributed by atoms with Gasteiger partial charge in [-0.3, -0.25) is 19.2 Å². The highest BCUT2D eigenvalue weighted by molar-refractivity contribution is 7.09. The minimum atomic E-state index is -0.409. The Morgan fingerprint density at radius 3 is 2.82 bits per heavy atom. The number of hydrogen-bond acceptors (Lipinski definition) is 6. The van der Waals surface area contributed by atoms with Crippen LogP contribution in [0.15, 0.2) is 41.0 Å². The lowest BCUT2D eigenvalue weighted by atomic mass is 10.1. The number of nitrogens with zero attached hydrogens (tertiary/aromatic N) is 3. The van der Waals surface area contributed by atoms with Gasteiger partial charge in [-0.1, -0.05) is 12.1 Å².